The van der Waals surface area contributed by atoms with Crippen molar-refractivity contribution in [3.05, 3.63) is 20.2 Å². The summed E-state index contributed by atoms with van der Waals surface area (Å²) in [5.41, 5.74) is 0.987. The molecule has 5 nitrogen and oxygen atoms in total. The summed E-state index contributed by atoms with van der Waals surface area (Å²) >= 11 is 1.26. The Morgan fingerprint density at radius 2 is 2.20 bits per heavy atom. The van der Waals surface area contributed by atoms with Gasteiger partial charge in [0, 0.05) is 42.7 Å². The Labute approximate surface area is 123 Å². The molecule has 0 aliphatic carbocycles. The molecule has 2 rings (SSSR count). The third-order valence-corrected chi connectivity index (χ3v) is 5.06. The lowest BCUT2D eigenvalue weighted by Gasteiger charge is -2.24. The molecular weight excluding hydrogens is 274 g/mol. The molecule has 112 valence electrons. The van der Waals surface area contributed by atoms with Gasteiger partial charge in [0.15, 0.2) is 0 Å². The molecule has 0 aromatic carbocycles. The van der Waals surface area contributed by atoms with Crippen molar-refractivity contribution in [2.24, 2.45) is 0 Å². The van der Waals surface area contributed by atoms with Gasteiger partial charge in [-0.2, -0.15) is 0 Å². The molecule has 1 atom stereocenters. The van der Waals surface area contributed by atoms with Crippen molar-refractivity contribution in [1.82, 2.24) is 14.8 Å². The van der Waals surface area contributed by atoms with Gasteiger partial charge in [0.2, 0.25) is 5.91 Å². The van der Waals surface area contributed by atoms with Gasteiger partial charge < -0.3 is 14.8 Å². The zero-order valence-electron chi connectivity index (χ0n) is 12.4. The predicted octanol–water partition coefficient (Wildman–Crippen LogP) is 1.13. The van der Waals surface area contributed by atoms with E-state index < -0.39 is 0 Å². The highest BCUT2D eigenvalue weighted by Crippen LogP contribution is 2.18. The second-order valence-electron chi connectivity index (χ2n) is 5.35. The summed E-state index contributed by atoms with van der Waals surface area (Å²) in [5.74, 6) is 0.165. The minimum absolute atomic E-state index is 0.0426. The van der Waals surface area contributed by atoms with Gasteiger partial charge in [-0.25, -0.2) is 0 Å². The van der Waals surface area contributed by atoms with Crippen LogP contribution in [0, 0.1) is 13.8 Å². The van der Waals surface area contributed by atoms with E-state index in [-0.39, 0.29) is 10.8 Å². The Bertz CT molecular complexity index is 535. The first kappa shape index (κ1) is 15.3. The third-order valence-electron chi connectivity index (χ3n) is 4.06. The summed E-state index contributed by atoms with van der Waals surface area (Å²) in [4.78, 5) is 27.2. The van der Waals surface area contributed by atoms with E-state index in [2.05, 4.69) is 5.32 Å². The van der Waals surface area contributed by atoms with Crippen LogP contribution in [-0.4, -0.2) is 41.6 Å². The number of aryl methyl sites for hydroxylation is 1. The largest absolute Gasteiger partial charge is 0.338 e. The average Bonchev–Trinajstić information content (AvgIpc) is 2.95. The molecule has 6 heteroatoms. The zero-order chi connectivity index (χ0) is 14.7. The van der Waals surface area contributed by atoms with Crippen molar-refractivity contribution in [3.8, 4) is 0 Å². The second-order valence-corrected chi connectivity index (χ2v) is 6.52. The molecule has 0 spiro atoms. The summed E-state index contributed by atoms with van der Waals surface area (Å²) < 4.78 is 1.72. The van der Waals surface area contributed by atoms with E-state index in [0.717, 1.165) is 36.5 Å². The highest BCUT2D eigenvalue weighted by Gasteiger charge is 2.27. The SMILES string of the molecule is CNCC1CCCN1C(=O)CCn1c(C)c(C)sc1=O. The fraction of sp³-hybridized carbons (Fsp3) is 0.714. The van der Waals surface area contributed by atoms with E-state index in [9.17, 15) is 9.59 Å². The first-order chi connectivity index (χ1) is 9.54. The molecule has 1 aliphatic rings. The maximum Gasteiger partial charge on any atom is 0.307 e. The maximum absolute atomic E-state index is 12.3. The van der Waals surface area contributed by atoms with Crippen molar-refractivity contribution in [2.45, 2.75) is 45.7 Å². The Morgan fingerprint density at radius 3 is 2.80 bits per heavy atom. The number of aromatic nitrogens is 1. The molecule has 1 unspecified atom stereocenters. The molecule has 1 aromatic rings. The van der Waals surface area contributed by atoms with E-state index in [4.69, 9.17) is 0 Å². The monoisotopic (exact) mass is 297 g/mol. The Morgan fingerprint density at radius 1 is 1.45 bits per heavy atom. The van der Waals surface area contributed by atoms with Crippen LogP contribution in [0.1, 0.15) is 29.8 Å². The van der Waals surface area contributed by atoms with Gasteiger partial charge in [-0.15, -0.1) is 0 Å². The zero-order valence-corrected chi connectivity index (χ0v) is 13.3. The van der Waals surface area contributed by atoms with Crippen molar-refractivity contribution in [1.29, 1.82) is 0 Å². The van der Waals surface area contributed by atoms with Crippen LogP contribution in [0.2, 0.25) is 0 Å². The summed E-state index contributed by atoms with van der Waals surface area (Å²) in [6, 6.07) is 0.314. The van der Waals surface area contributed by atoms with Crippen molar-refractivity contribution >= 4 is 17.2 Å². The standard InChI is InChI=1S/C14H23N3O2S/c1-10-11(2)20-14(19)16(10)8-6-13(18)17-7-4-5-12(17)9-15-3/h12,15H,4-9H2,1-3H3. The van der Waals surface area contributed by atoms with Gasteiger partial charge in [0.25, 0.3) is 0 Å². The van der Waals surface area contributed by atoms with E-state index >= 15 is 0 Å². The van der Waals surface area contributed by atoms with Crippen molar-refractivity contribution in [3.63, 3.8) is 0 Å². The lowest BCUT2D eigenvalue weighted by molar-refractivity contribution is -0.132. The van der Waals surface area contributed by atoms with Crippen LogP contribution < -0.4 is 10.2 Å². The van der Waals surface area contributed by atoms with Crippen LogP contribution in [0.4, 0.5) is 0 Å². The lowest BCUT2D eigenvalue weighted by atomic mass is 10.2. The highest BCUT2D eigenvalue weighted by atomic mass is 32.1. The molecule has 2 heterocycles. The first-order valence-corrected chi connectivity index (χ1v) is 7.97. The summed E-state index contributed by atoms with van der Waals surface area (Å²) in [6.45, 7) is 6.08. The Balaban J connectivity index is 1.96. The lowest BCUT2D eigenvalue weighted by Crippen LogP contribution is -2.41. The molecule has 1 N–H and O–H groups in total. The normalized spacial score (nSPS) is 18.8. The smallest absolute Gasteiger partial charge is 0.307 e. The molecule has 1 saturated heterocycles. The first-order valence-electron chi connectivity index (χ1n) is 7.15. The van der Waals surface area contributed by atoms with Gasteiger partial charge in [0.05, 0.1) is 0 Å². The quantitative estimate of drug-likeness (QED) is 0.886. The number of likely N-dealkylation sites (N-methyl/N-ethyl adjacent to an activating group) is 1. The van der Waals surface area contributed by atoms with Gasteiger partial charge in [0.1, 0.15) is 0 Å². The van der Waals surface area contributed by atoms with E-state index in [1.807, 2.05) is 25.8 Å². The Hall–Kier alpha value is -1.14. The molecule has 1 aromatic heterocycles. The number of likely N-dealkylation sites (tertiary alicyclic amines) is 1. The van der Waals surface area contributed by atoms with E-state index in [0.29, 0.717) is 19.0 Å². The minimum Gasteiger partial charge on any atom is -0.338 e. The third kappa shape index (κ3) is 3.12. The van der Waals surface area contributed by atoms with Crippen molar-refractivity contribution in [2.75, 3.05) is 20.1 Å². The molecule has 20 heavy (non-hydrogen) atoms. The number of hydrogen-bond acceptors (Lipinski definition) is 4. The van der Waals surface area contributed by atoms with Crippen LogP contribution in [-0.2, 0) is 11.3 Å². The van der Waals surface area contributed by atoms with Gasteiger partial charge in [-0.3, -0.25) is 9.59 Å². The fourth-order valence-corrected chi connectivity index (χ4v) is 3.67. The predicted molar refractivity (Wildman–Crippen MR) is 81.3 cm³/mol. The van der Waals surface area contributed by atoms with E-state index in [1.54, 1.807) is 4.57 Å². The molecule has 1 fully saturated rings. The second kappa shape index (κ2) is 6.54. The van der Waals surface area contributed by atoms with Crippen LogP contribution in [0.15, 0.2) is 4.79 Å². The summed E-state index contributed by atoms with van der Waals surface area (Å²) in [5, 5.41) is 3.14. The number of hydrogen-bond donors (Lipinski definition) is 1. The molecule has 0 saturated carbocycles. The summed E-state index contributed by atoms with van der Waals surface area (Å²) in [6.07, 6.45) is 2.56. The van der Waals surface area contributed by atoms with Crippen LogP contribution in [0.3, 0.4) is 0 Å². The van der Waals surface area contributed by atoms with Gasteiger partial charge in [-0.1, -0.05) is 11.3 Å². The molecule has 1 aliphatic heterocycles. The van der Waals surface area contributed by atoms with Gasteiger partial charge >= 0.3 is 4.87 Å². The van der Waals surface area contributed by atoms with Crippen LogP contribution >= 0.6 is 11.3 Å². The maximum atomic E-state index is 12.3. The molecule has 0 radical (unpaired) electrons. The van der Waals surface area contributed by atoms with E-state index in [1.165, 1.54) is 11.3 Å². The van der Waals surface area contributed by atoms with Crippen LogP contribution in [0.5, 0.6) is 0 Å². The van der Waals surface area contributed by atoms with Crippen molar-refractivity contribution < 1.29 is 4.79 Å². The average molecular weight is 297 g/mol. The number of nitrogens with one attached hydrogen (secondary N) is 1. The molecule has 1 amide bonds. The van der Waals surface area contributed by atoms with Gasteiger partial charge in [-0.05, 0) is 33.7 Å². The Kier molecular flexibility index (Phi) is 4.99. The number of amides is 1. The topological polar surface area (TPSA) is 54.3 Å². The summed E-state index contributed by atoms with van der Waals surface area (Å²) in [7, 11) is 1.91. The number of carbonyl (C=O) groups is 1. The fourth-order valence-electron chi connectivity index (χ4n) is 2.81. The van der Waals surface area contributed by atoms with Crippen LogP contribution in [0.25, 0.3) is 0 Å². The number of rotatable bonds is 5. The number of carbonyl (C=O) groups excluding carboxylic acids is 1. The number of thiazole rings is 1. The highest BCUT2D eigenvalue weighted by molar-refractivity contribution is 7.09. The molecule has 0 bridgehead atoms. The number of nitrogens with zero attached hydrogens (tertiary/aromatic N) is 2. The molecular formula is C14H23N3O2S. The minimum atomic E-state index is 0.0426.